The summed E-state index contributed by atoms with van der Waals surface area (Å²) in [5, 5.41) is 14.2. The minimum atomic E-state index is -0.454. The Bertz CT molecular complexity index is 520. The molecule has 0 saturated carbocycles. The van der Waals surface area contributed by atoms with Gasteiger partial charge < -0.3 is 14.8 Å². The average Bonchev–Trinajstić information content (AvgIpc) is 3.12. The number of hydrogen-bond donors (Lipinski definition) is 1. The first-order valence-corrected chi connectivity index (χ1v) is 7.44. The first-order chi connectivity index (χ1) is 10.1. The minimum absolute atomic E-state index is 0.0267. The molecule has 0 spiro atoms. The average molecular weight is 294 g/mol. The molecular weight excluding hydrogens is 272 g/mol. The molecule has 2 rings (SSSR count). The standard InChI is InChI=1S/C14H22N4O3/c1-3-7-17(11-5-6-15-9-11)14(19)13-8-12(18(20)21)10-16(13)4-2/h8,10-11,15H,3-7,9H2,1-2H3. The van der Waals surface area contributed by atoms with Crippen LogP contribution in [0, 0.1) is 10.1 Å². The van der Waals surface area contributed by atoms with Crippen LogP contribution in [0.5, 0.6) is 0 Å². The van der Waals surface area contributed by atoms with E-state index in [1.807, 2.05) is 18.7 Å². The molecule has 1 fully saturated rings. The lowest BCUT2D eigenvalue weighted by molar-refractivity contribution is -0.384. The predicted molar refractivity (Wildman–Crippen MR) is 79.4 cm³/mol. The van der Waals surface area contributed by atoms with Crippen molar-refractivity contribution in [3.63, 3.8) is 0 Å². The molecule has 0 bridgehead atoms. The Balaban J connectivity index is 2.28. The molecule has 1 aliphatic rings. The van der Waals surface area contributed by atoms with Crippen LogP contribution >= 0.6 is 0 Å². The van der Waals surface area contributed by atoms with Crippen molar-refractivity contribution in [1.82, 2.24) is 14.8 Å². The Morgan fingerprint density at radius 3 is 2.86 bits per heavy atom. The normalized spacial score (nSPS) is 17.9. The Morgan fingerprint density at radius 1 is 1.57 bits per heavy atom. The number of carbonyl (C=O) groups excluding carboxylic acids is 1. The molecule has 7 heteroatoms. The Labute approximate surface area is 124 Å². The first-order valence-electron chi connectivity index (χ1n) is 7.44. The molecule has 1 N–H and O–H groups in total. The van der Waals surface area contributed by atoms with E-state index >= 15 is 0 Å². The summed E-state index contributed by atoms with van der Waals surface area (Å²) in [4.78, 5) is 25.1. The van der Waals surface area contributed by atoms with E-state index in [-0.39, 0.29) is 17.6 Å². The summed E-state index contributed by atoms with van der Waals surface area (Å²) < 4.78 is 1.66. The lowest BCUT2D eigenvalue weighted by Crippen LogP contribution is -2.42. The van der Waals surface area contributed by atoms with Gasteiger partial charge in [-0.3, -0.25) is 14.9 Å². The van der Waals surface area contributed by atoms with Crippen LogP contribution in [0.1, 0.15) is 37.2 Å². The van der Waals surface area contributed by atoms with Gasteiger partial charge in [0.25, 0.3) is 11.6 Å². The molecule has 1 aliphatic heterocycles. The Morgan fingerprint density at radius 2 is 2.33 bits per heavy atom. The summed E-state index contributed by atoms with van der Waals surface area (Å²) in [7, 11) is 0. The lowest BCUT2D eigenvalue weighted by atomic mass is 10.2. The highest BCUT2D eigenvalue weighted by molar-refractivity contribution is 5.93. The van der Waals surface area contributed by atoms with Gasteiger partial charge in [0.1, 0.15) is 5.69 Å². The fourth-order valence-electron chi connectivity index (χ4n) is 2.78. The monoisotopic (exact) mass is 294 g/mol. The van der Waals surface area contributed by atoms with E-state index in [0.717, 1.165) is 25.9 Å². The minimum Gasteiger partial charge on any atom is -0.337 e. The number of nitrogens with zero attached hydrogens (tertiary/aromatic N) is 3. The molecule has 1 aromatic heterocycles. The molecule has 21 heavy (non-hydrogen) atoms. The summed E-state index contributed by atoms with van der Waals surface area (Å²) in [6.07, 6.45) is 3.24. The number of nitrogens with one attached hydrogen (secondary N) is 1. The smallest absolute Gasteiger partial charge is 0.287 e. The van der Waals surface area contributed by atoms with Gasteiger partial charge in [-0.05, 0) is 26.3 Å². The molecule has 2 heterocycles. The molecule has 1 unspecified atom stereocenters. The Kier molecular flexibility index (Phi) is 4.95. The van der Waals surface area contributed by atoms with E-state index in [9.17, 15) is 14.9 Å². The fraction of sp³-hybridized carbons (Fsp3) is 0.643. The van der Waals surface area contributed by atoms with Crippen molar-refractivity contribution in [2.45, 2.75) is 39.3 Å². The van der Waals surface area contributed by atoms with Gasteiger partial charge in [0.15, 0.2) is 0 Å². The van der Waals surface area contributed by atoms with Gasteiger partial charge in [0.2, 0.25) is 0 Å². The van der Waals surface area contributed by atoms with Crippen molar-refractivity contribution in [2.75, 3.05) is 19.6 Å². The van der Waals surface area contributed by atoms with Crippen LogP contribution in [0.4, 0.5) is 5.69 Å². The second-order valence-corrected chi connectivity index (χ2v) is 5.27. The van der Waals surface area contributed by atoms with E-state index in [2.05, 4.69) is 5.32 Å². The molecule has 0 aliphatic carbocycles. The van der Waals surface area contributed by atoms with Gasteiger partial charge in [-0.25, -0.2) is 0 Å². The molecule has 116 valence electrons. The summed E-state index contributed by atoms with van der Waals surface area (Å²) >= 11 is 0. The quantitative estimate of drug-likeness (QED) is 0.638. The predicted octanol–water partition coefficient (Wildman–Crippen LogP) is 1.63. The van der Waals surface area contributed by atoms with Gasteiger partial charge in [-0.2, -0.15) is 0 Å². The molecule has 7 nitrogen and oxygen atoms in total. The van der Waals surface area contributed by atoms with E-state index in [4.69, 9.17) is 0 Å². The molecule has 1 aromatic rings. The highest BCUT2D eigenvalue weighted by Gasteiger charge is 2.29. The number of amides is 1. The van der Waals surface area contributed by atoms with Gasteiger partial charge >= 0.3 is 0 Å². The van der Waals surface area contributed by atoms with Crippen LogP contribution in [0.2, 0.25) is 0 Å². The molecule has 1 saturated heterocycles. The number of aromatic nitrogens is 1. The van der Waals surface area contributed by atoms with Crippen molar-refractivity contribution < 1.29 is 9.72 Å². The highest BCUT2D eigenvalue weighted by Crippen LogP contribution is 2.20. The zero-order valence-electron chi connectivity index (χ0n) is 12.5. The zero-order valence-corrected chi connectivity index (χ0v) is 12.5. The summed E-state index contributed by atoms with van der Waals surface area (Å²) in [5.74, 6) is -0.111. The number of carbonyl (C=O) groups is 1. The lowest BCUT2D eigenvalue weighted by Gasteiger charge is -2.28. The third-order valence-corrected chi connectivity index (χ3v) is 3.85. The van der Waals surface area contributed by atoms with Gasteiger partial charge in [0, 0.05) is 31.7 Å². The van der Waals surface area contributed by atoms with Crippen molar-refractivity contribution >= 4 is 11.6 Å². The van der Waals surface area contributed by atoms with Crippen molar-refractivity contribution in [3.8, 4) is 0 Å². The maximum atomic E-state index is 12.8. The van der Waals surface area contributed by atoms with Crippen molar-refractivity contribution in [1.29, 1.82) is 0 Å². The van der Waals surface area contributed by atoms with Crippen LogP contribution in [-0.4, -0.2) is 46.0 Å². The molecule has 1 atom stereocenters. The number of hydrogen-bond acceptors (Lipinski definition) is 4. The SMILES string of the molecule is CCCN(C(=O)c1cc([N+](=O)[O-])cn1CC)C1CCNC1. The van der Waals surface area contributed by atoms with E-state index < -0.39 is 4.92 Å². The highest BCUT2D eigenvalue weighted by atomic mass is 16.6. The fourth-order valence-corrected chi connectivity index (χ4v) is 2.78. The third kappa shape index (κ3) is 3.24. The molecule has 0 aromatic carbocycles. The van der Waals surface area contributed by atoms with E-state index in [0.29, 0.717) is 18.8 Å². The van der Waals surface area contributed by atoms with Crippen molar-refractivity contribution in [2.24, 2.45) is 0 Å². The maximum Gasteiger partial charge on any atom is 0.287 e. The summed E-state index contributed by atoms with van der Waals surface area (Å²) in [6, 6.07) is 1.56. The largest absolute Gasteiger partial charge is 0.337 e. The number of nitro groups is 1. The summed E-state index contributed by atoms with van der Waals surface area (Å²) in [5.41, 5.74) is 0.380. The second kappa shape index (κ2) is 6.71. The first kappa shape index (κ1) is 15.5. The van der Waals surface area contributed by atoms with E-state index in [1.165, 1.54) is 12.3 Å². The summed E-state index contributed by atoms with van der Waals surface area (Å²) in [6.45, 7) is 6.82. The van der Waals surface area contributed by atoms with Crippen LogP contribution in [0.25, 0.3) is 0 Å². The van der Waals surface area contributed by atoms with Crippen LogP contribution in [-0.2, 0) is 6.54 Å². The van der Waals surface area contributed by atoms with Crippen molar-refractivity contribution in [3.05, 3.63) is 28.1 Å². The molecule has 1 amide bonds. The van der Waals surface area contributed by atoms with Gasteiger partial charge in [0.05, 0.1) is 11.1 Å². The Hall–Kier alpha value is -1.89. The number of aryl methyl sites for hydroxylation is 1. The zero-order chi connectivity index (χ0) is 15.4. The third-order valence-electron chi connectivity index (χ3n) is 3.85. The molecule has 0 radical (unpaired) electrons. The van der Waals surface area contributed by atoms with Crippen LogP contribution < -0.4 is 5.32 Å². The topological polar surface area (TPSA) is 80.4 Å². The number of rotatable bonds is 6. The second-order valence-electron chi connectivity index (χ2n) is 5.27. The van der Waals surface area contributed by atoms with Crippen LogP contribution in [0.3, 0.4) is 0 Å². The van der Waals surface area contributed by atoms with Crippen LogP contribution in [0.15, 0.2) is 12.3 Å². The van der Waals surface area contributed by atoms with E-state index in [1.54, 1.807) is 4.57 Å². The molecular formula is C14H22N4O3. The van der Waals surface area contributed by atoms with Gasteiger partial charge in [-0.1, -0.05) is 6.92 Å². The van der Waals surface area contributed by atoms with Gasteiger partial charge in [-0.15, -0.1) is 0 Å². The maximum absolute atomic E-state index is 12.8.